The van der Waals surface area contributed by atoms with Gasteiger partial charge in [-0.15, -0.1) is 0 Å². The van der Waals surface area contributed by atoms with E-state index in [9.17, 15) is 13.2 Å². The number of carbonyl (C=O) groups excluding carboxylic acids is 1. The first-order chi connectivity index (χ1) is 12.3. The third-order valence-electron chi connectivity index (χ3n) is 4.45. The molecule has 1 aliphatic heterocycles. The summed E-state index contributed by atoms with van der Waals surface area (Å²) in [6, 6.07) is 10.4. The molecule has 138 valence electrons. The molecule has 1 amide bonds. The lowest BCUT2D eigenvalue weighted by atomic mass is 10.1. The minimum atomic E-state index is -3.77. The molecule has 2 aromatic rings. The summed E-state index contributed by atoms with van der Waals surface area (Å²) >= 11 is 11.9. The molecule has 1 N–H and O–H groups in total. The summed E-state index contributed by atoms with van der Waals surface area (Å²) in [5.74, 6) is -0.356. The number of anilines is 1. The van der Waals surface area contributed by atoms with E-state index in [4.69, 9.17) is 23.2 Å². The van der Waals surface area contributed by atoms with Crippen LogP contribution in [0.3, 0.4) is 0 Å². The van der Waals surface area contributed by atoms with Gasteiger partial charge < -0.3 is 5.32 Å². The molecule has 2 aromatic carbocycles. The molecular formula is C18H18Cl2N2O3S. The van der Waals surface area contributed by atoms with Gasteiger partial charge in [0.1, 0.15) is 6.04 Å². The predicted molar refractivity (Wildman–Crippen MR) is 103 cm³/mol. The topological polar surface area (TPSA) is 66.5 Å². The smallest absolute Gasteiger partial charge is 0.243 e. The van der Waals surface area contributed by atoms with Crippen molar-refractivity contribution in [2.45, 2.75) is 30.7 Å². The van der Waals surface area contributed by atoms with Crippen LogP contribution in [0, 0.1) is 6.92 Å². The van der Waals surface area contributed by atoms with Crippen molar-refractivity contribution in [1.29, 1.82) is 0 Å². The number of halogens is 2. The number of nitrogens with zero attached hydrogens (tertiary/aromatic N) is 1. The first-order valence-corrected chi connectivity index (χ1v) is 10.3. The van der Waals surface area contributed by atoms with E-state index in [1.54, 1.807) is 25.1 Å². The molecule has 1 heterocycles. The third kappa shape index (κ3) is 3.74. The fourth-order valence-corrected chi connectivity index (χ4v) is 4.95. The molecule has 5 nitrogen and oxygen atoms in total. The second kappa shape index (κ2) is 7.56. The van der Waals surface area contributed by atoms with E-state index in [-0.39, 0.29) is 10.8 Å². The number of hydrogen-bond acceptors (Lipinski definition) is 3. The van der Waals surface area contributed by atoms with Crippen LogP contribution in [0.5, 0.6) is 0 Å². The van der Waals surface area contributed by atoms with E-state index >= 15 is 0 Å². The normalized spacial score (nSPS) is 18.0. The van der Waals surface area contributed by atoms with Gasteiger partial charge in [0.15, 0.2) is 0 Å². The highest BCUT2D eigenvalue weighted by Crippen LogP contribution is 2.29. The minimum absolute atomic E-state index is 0.125. The van der Waals surface area contributed by atoms with Crippen LogP contribution >= 0.6 is 23.2 Å². The van der Waals surface area contributed by atoms with Gasteiger partial charge in [-0.25, -0.2) is 8.42 Å². The molecule has 0 aromatic heterocycles. The second-order valence-corrected chi connectivity index (χ2v) is 8.86. The van der Waals surface area contributed by atoms with E-state index in [2.05, 4.69) is 5.32 Å². The van der Waals surface area contributed by atoms with E-state index in [0.29, 0.717) is 35.1 Å². The summed E-state index contributed by atoms with van der Waals surface area (Å²) in [6.07, 6.45) is 1.09. The Kier molecular flexibility index (Phi) is 5.58. The van der Waals surface area contributed by atoms with Crippen molar-refractivity contribution in [3.05, 3.63) is 58.1 Å². The van der Waals surface area contributed by atoms with Crippen LogP contribution in [-0.2, 0) is 14.8 Å². The van der Waals surface area contributed by atoms with Crippen molar-refractivity contribution in [3.8, 4) is 0 Å². The van der Waals surface area contributed by atoms with Crippen LogP contribution in [-0.4, -0.2) is 31.2 Å². The highest BCUT2D eigenvalue weighted by molar-refractivity contribution is 7.89. The van der Waals surface area contributed by atoms with Gasteiger partial charge in [-0.05, 0) is 61.7 Å². The zero-order chi connectivity index (χ0) is 18.9. The Labute approximate surface area is 163 Å². The molecule has 1 atom stereocenters. The van der Waals surface area contributed by atoms with Crippen LogP contribution in [0.1, 0.15) is 18.4 Å². The molecule has 0 bridgehead atoms. The summed E-state index contributed by atoms with van der Waals surface area (Å²) in [6.45, 7) is 2.10. The zero-order valence-electron chi connectivity index (χ0n) is 14.1. The fourth-order valence-electron chi connectivity index (χ4n) is 2.99. The maximum atomic E-state index is 12.9. The Morgan fingerprint density at radius 2 is 1.85 bits per heavy atom. The maximum Gasteiger partial charge on any atom is 0.243 e. The minimum Gasteiger partial charge on any atom is -0.324 e. The van der Waals surface area contributed by atoms with Crippen LogP contribution in [0.15, 0.2) is 47.4 Å². The van der Waals surface area contributed by atoms with E-state index < -0.39 is 16.1 Å². The summed E-state index contributed by atoms with van der Waals surface area (Å²) in [5, 5.41) is 3.80. The molecule has 3 rings (SSSR count). The average molecular weight is 413 g/mol. The van der Waals surface area contributed by atoms with Crippen molar-refractivity contribution in [2.75, 3.05) is 11.9 Å². The molecule has 0 radical (unpaired) electrons. The van der Waals surface area contributed by atoms with Crippen molar-refractivity contribution in [2.24, 2.45) is 0 Å². The molecule has 0 saturated carbocycles. The van der Waals surface area contributed by atoms with E-state index in [1.807, 2.05) is 0 Å². The molecule has 1 fully saturated rings. The number of rotatable bonds is 4. The number of amides is 1. The number of benzene rings is 2. The van der Waals surface area contributed by atoms with Crippen molar-refractivity contribution in [3.63, 3.8) is 0 Å². The molecule has 1 aliphatic rings. The quantitative estimate of drug-likeness (QED) is 0.821. The van der Waals surface area contributed by atoms with E-state index in [1.165, 1.54) is 28.6 Å². The van der Waals surface area contributed by atoms with E-state index in [0.717, 1.165) is 5.56 Å². The van der Waals surface area contributed by atoms with Gasteiger partial charge in [0.2, 0.25) is 15.9 Å². The van der Waals surface area contributed by atoms with Gasteiger partial charge in [-0.3, -0.25) is 4.79 Å². The van der Waals surface area contributed by atoms with Crippen molar-refractivity contribution >= 4 is 44.8 Å². The Morgan fingerprint density at radius 3 is 2.54 bits per heavy atom. The number of carbonyl (C=O) groups is 1. The lowest BCUT2D eigenvalue weighted by molar-refractivity contribution is -0.119. The lowest BCUT2D eigenvalue weighted by Crippen LogP contribution is -2.43. The van der Waals surface area contributed by atoms with Crippen LogP contribution in [0.4, 0.5) is 5.69 Å². The Morgan fingerprint density at radius 1 is 1.15 bits per heavy atom. The number of hydrogen-bond donors (Lipinski definition) is 1. The average Bonchev–Trinajstić information content (AvgIpc) is 3.10. The predicted octanol–water partition coefficient (Wildman–Crippen LogP) is 4.09. The van der Waals surface area contributed by atoms with Crippen molar-refractivity contribution in [1.82, 2.24) is 4.31 Å². The van der Waals surface area contributed by atoms with Crippen molar-refractivity contribution < 1.29 is 13.2 Å². The number of nitrogens with one attached hydrogen (secondary N) is 1. The summed E-state index contributed by atoms with van der Waals surface area (Å²) < 4.78 is 27.1. The molecular weight excluding hydrogens is 395 g/mol. The SMILES string of the molecule is Cc1c(Cl)cccc1NC(=O)[C@H]1CCCN1S(=O)(=O)c1ccc(Cl)cc1. The second-order valence-electron chi connectivity index (χ2n) is 6.13. The van der Waals surface area contributed by atoms with Gasteiger partial charge in [0.05, 0.1) is 4.90 Å². The lowest BCUT2D eigenvalue weighted by Gasteiger charge is -2.24. The largest absolute Gasteiger partial charge is 0.324 e. The molecule has 0 unspecified atom stereocenters. The molecule has 0 spiro atoms. The molecule has 1 saturated heterocycles. The van der Waals surface area contributed by atoms with Gasteiger partial charge in [0.25, 0.3) is 0 Å². The van der Waals surface area contributed by atoms with Gasteiger partial charge >= 0.3 is 0 Å². The summed E-state index contributed by atoms with van der Waals surface area (Å²) in [4.78, 5) is 12.9. The summed E-state index contributed by atoms with van der Waals surface area (Å²) in [7, 11) is -3.77. The first kappa shape index (κ1) is 19.2. The van der Waals surface area contributed by atoms with Gasteiger partial charge in [-0.1, -0.05) is 29.3 Å². The highest BCUT2D eigenvalue weighted by atomic mass is 35.5. The molecule has 26 heavy (non-hydrogen) atoms. The fraction of sp³-hybridized carbons (Fsp3) is 0.278. The molecule has 0 aliphatic carbocycles. The first-order valence-electron chi connectivity index (χ1n) is 8.14. The monoisotopic (exact) mass is 412 g/mol. The van der Waals surface area contributed by atoms with Crippen LogP contribution in [0.2, 0.25) is 10.0 Å². The van der Waals surface area contributed by atoms with Gasteiger partial charge in [0, 0.05) is 22.3 Å². The Bertz CT molecular complexity index is 930. The van der Waals surface area contributed by atoms with Crippen LogP contribution < -0.4 is 5.32 Å². The number of sulfonamides is 1. The summed E-state index contributed by atoms with van der Waals surface area (Å²) in [5.41, 5.74) is 1.32. The highest BCUT2D eigenvalue weighted by Gasteiger charge is 2.39. The maximum absolute atomic E-state index is 12.9. The Hall–Kier alpha value is -1.60. The van der Waals surface area contributed by atoms with Gasteiger partial charge in [-0.2, -0.15) is 4.31 Å². The standard InChI is InChI=1S/C18H18Cl2N2O3S/c1-12-15(20)4-2-5-16(12)21-18(23)17-6-3-11-22(17)26(24,25)14-9-7-13(19)8-10-14/h2,4-5,7-10,17H,3,6,11H2,1H3,(H,21,23)/t17-/m1/s1. The third-order valence-corrected chi connectivity index (χ3v) is 7.04. The Balaban J connectivity index is 1.84. The zero-order valence-corrected chi connectivity index (χ0v) is 16.4. The molecule has 8 heteroatoms. The van der Waals surface area contributed by atoms with Crippen LogP contribution in [0.25, 0.3) is 0 Å².